The predicted octanol–water partition coefficient (Wildman–Crippen LogP) is 1.89. The number of rotatable bonds is 3. The molecule has 1 aliphatic heterocycles. The quantitative estimate of drug-likeness (QED) is 0.905. The zero-order valence-electron chi connectivity index (χ0n) is 12.4. The highest BCUT2D eigenvalue weighted by Gasteiger charge is 2.32. The molecule has 4 nitrogen and oxygen atoms in total. The normalized spacial score (nSPS) is 20.4. The summed E-state index contributed by atoms with van der Waals surface area (Å²) >= 11 is 0. The van der Waals surface area contributed by atoms with Crippen molar-refractivity contribution in [1.82, 2.24) is 4.98 Å². The maximum atomic E-state index is 5.84. The van der Waals surface area contributed by atoms with E-state index in [1.807, 2.05) is 13.1 Å². The molecule has 1 aromatic rings. The number of hydrogen-bond donors (Lipinski definition) is 1. The molecule has 0 aliphatic carbocycles. The molecule has 0 aromatic carbocycles. The average molecular weight is 263 g/mol. The number of hydrogen-bond acceptors (Lipinski definition) is 4. The number of aryl methyl sites for hydroxylation is 1. The minimum absolute atomic E-state index is 0.00130. The van der Waals surface area contributed by atoms with Gasteiger partial charge in [0.2, 0.25) is 0 Å². The number of nitrogens with zero attached hydrogens (tertiary/aromatic N) is 2. The summed E-state index contributed by atoms with van der Waals surface area (Å²) in [6, 6.07) is 2.38. The third kappa shape index (κ3) is 3.25. The molecule has 1 unspecified atom stereocenters. The van der Waals surface area contributed by atoms with Gasteiger partial charge in [-0.25, -0.2) is 4.98 Å². The van der Waals surface area contributed by atoms with E-state index in [0.29, 0.717) is 0 Å². The Kier molecular flexibility index (Phi) is 4.11. The van der Waals surface area contributed by atoms with Crippen LogP contribution in [0, 0.1) is 6.92 Å². The highest BCUT2D eigenvalue weighted by Crippen LogP contribution is 2.28. The van der Waals surface area contributed by atoms with E-state index in [0.717, 1.165) is 32.0 Å². The van der Waals surface area contributed by atoms with E-state index in [1.165, 1.54) is 11.1 Å². The lowest BCUT2D eigenvalue weighted by Crippen LogP contribution is -2.53. The van der Waals surface area contributed by atoms with Gasteiger partial charge in [-0.3, -0.25) is 0 Å². The lowest BCUT2D eigenvalue weighted by atomic mass is 10.0. The summed E-state index contributed by atoms with van der Waals surface area (Å²) in [5.74, 6) is 1.07. The summed E-state index contributed by atoms with van der Waals surface area (Å²) in [7, 11) is 0. The van der Waals surface area contributed by atoms with Crippen LogP contribution in [0.5, 0.6) is 0 Å². The maximum Gasteiger partial charge on any atom is 0.132 e. The number of aromatic nitrogens is 1. The van der Waals surface area contributed by atoms with Crippen LogP contribution in [0.1, 0.15) is 31.9 Å². The van der Waals surface area contributed by atoms with E-state index >= 15 is 0 Å². The highest BCUT2D eigenvalue weighted by molar-refractivity contribution is 5.50. The Bertz CT molecular complexity index is 443. The Balaban J connectivity index is 2.25. The van der Waals surface area contributed by atoms with Crippen molar-refractivity contribution in [2.45, 2.75) is 45.7 Å². The summed E-state index contributed by atoms with van der Waals surface area (Å²) in [6.07, 6.45) is 2.83. The van der Waals surface area contributed by atoms with Gasteiger partial charge in [0.15, 0.2) is 0 Å². The minimum atomic E-state index is -0.00130. The number of morpholine rings is 1. The van der Waals surface area contributed by atoms with Crippen molar-refractivity contribution in [3.63, 3.8) is 0 Å². The Morgan fingerprint density at radius 2 is 2.26 bits per heavy atom. The van der Waals surface area contributed by atoms with Gasteiger partial charge in [-0.1, -0.05) is 6.07 Å². The van der Waals surface area contributed by atoms with E-state index in [9.17, 15) is 0 Å². The van der Waals surface area contributed by atoms with Crippen LogP contribution in [-0.2, 0) is 11.2 Å². The highest BCUT2D eigenvalue weighted by atomic mass is 16.5. The second kappa shape index (κ2) is 5.47. The second-order valence-corrected chi connectivity index (χ2v) is 6.18. The molecular weight excluding hydrogens is 238 g/mol. The smallest absolute Gasteiger partial charge is 0.132 e. The summed E-state index contributed by atoms with van der Waals surface area (Å²) in [5, 5.41) is 0. The van der Waals surface area contributed by atoms with Crippen LogP contribution in [0.4, 0.5) is 5.82 Å². The van der Waals surface area contributed by atoms with Crippen molar-refractivity contribution in [2.75, 3.05) is 24.7 Å². The lowest BCUT2D eigenvalue weighted by molar-refractivity contribution is 0.0638. The van der Waals surface area contributed by atoms with Gasteiger partial charge in [0.1, 0.15) is 5.82 Å². The molecule has 1 aromatic heterocycles. The van der Waals surface area contributed by atoms with Crippen LogP contribution in [0.2, 0.25) is 0 Å². The first-order valence-corrected chi connectivity index (χ1v) is 6.96. The van der Waals surface area contributed by atoms with E-state index in [2.05, 4.69) is 36.7 Å². The van der Waals surface area contributed by atoms with Gasteiger partial charge >= 0.3 is 0 Å². The molecule has 0 saturated carbocycles. The molecule has 1 fully saturated rings. The lowest BCUT2D eigenvalue weighted by Gasteiger charge is -2.43. The Hall–Kier alpha value is -1.13. The minimum Gasteiger partial charge on any atom is -0.377 e. The fourth-order valence-corrected chi connectivity index (χ4v) is 2.64. The Morgan fingerprint density at radius 3 is 2.84 bits per heavy atom. The van der Waals surface area contributed by atoms with Crippen molar-refractivity contribution in [1.29, 1.82) is 0 Å². The average Bonchev–Trinajstić information content (AvgIpc) is 2.29. The van der Waals surface area contributed by atoms with Crippen LogP contribution >= 0.6 is 0 Å². The second-order valence-electron chi connectivity index (χ2n) is 6.18. The summed E-state index contributed by atoms with van der Waals surface area (Å²) < 4.78 is 5.57. The van der Waals surface area contributed by atoms with Gasteiger partial charge in [-0.05, 0) is 45.2 Å². The van der Waals surface area contributed by atoms with Gasteiger partial charge in [-0.15, -0.1) is 0 Å². The van der Waals surface area contributed by atoms with E-state index in [1.54, 1.807) is 0 Å². The van der Waals surface area contributed by atoms with E-state index in [4.69, 9.17) is 10.5 Å². The van der Waals surface area contributed by atoms with Crippen LogP contribution in [0.25, 0.3) is 0 Å². The molecule has 106 valence electrons. The summed E-state index contributed by atoms with van der Waals surface area (Å²) in [6.45, 7) is 11.0. The fourth-order valence-electron chi connectivity index (χ4n) is 2.64. The van der Waals surface area contributed by atoms with Crippen molar-refractivity contribution in [2.24, 2.45) is 5.73 Å². The van der Waals surface area contributed by atoms with Crippen molar-refractivity contribution >= 4 is 5.82 Å². The predicted molar refractivity (Wildman–Crippen MR) is 78.6 cm³/mol. The zero-order valence-corrected chi connectivity index (χ0v) is 12.4. The summed E-state index contributed by atoms with van der Waals surface area (Å²) in [5.41, 5.74) is 8.27. The zero-order chi connectivity index (χ0) is 14.0. The largest absolute Gasteiger partial charge is 0.377 e. The topological polar surface area (TPSA) is 51.4 Å². The maximum absolute atomic E-state index is 5.84. The van der Waals surface area contributed by atoms with Crippen molar-refractivity contribution in [3.8, 4) is 0 Å². The number of pyridine rings is 1. The van der Waals surface area contributed by atoms with Gasteiger partial charge in [0.25, 0.3) is 0 Å². The monoisotopic (exact) mass is 263 g/mol. The first kappa shape index (κ1) is 14.3. The molecule has 0 amide bonds. The van der Waals surface area contributed by atoms with Crippen molar-refractivity contribution in [3.05, 3.63) is 23.4 Å². The third-order valence-electron chi connectivity index (χ3n) is 3.57. The number of ether oxygens (including phenoxy) is 1. The van der Waals surface area contributed by atoms with Gasteiger partial charge in [0, 0.05) is 18.8 Å². The molecule has 0 bridgehead atoms. The molecule has 1 atom stereocenters. The first-order valence-electron chi connectivity index (χ1n) is 6.96. The Morgan fingerprint density at radius 1 is 1.53 bits per heavy atom. The molecule has 4 heteroatoms. The van der Waals surface area contributed by atoms with Crippen LogP contribution in [0.3, 0.4) is 0 Å². The molecule has 1 saturated heterocycles. The van der Waals surface area contributed by atoms with Crippen LogP contribution < -0.4 is 10.6 Å². The van der Waals surface area contributed by atoms with E-state index in [-0.39, 0.29) is 11.6 Å². The number of nitrogens with two attached hydrogens (primary N) is 1. The van der Waals surface area contributed by atoms with Gasteiger partial charge in [-0.2, -0.15) is 0 Å². The molecule has 2 heterocycles. The molecule has 19 heavy (non-hydrogen) atoms. The van der Waals surface area contributed by atoms with E-state index < -0.39 is 0 Å². The van der Waals surface area contributed by atoms with Crippen LogP contribution in [-0.4, -0.2) is 36.3 Å². The molecule has 2 rings (SSSR count). The fraction of sp³-hybridized carbons (Fsp3) is 0.667. The molecule has 2 N–H and O–H groups in total. The standard InChI is InChI=1S/C15H25N3O/c1-11-7-13(8-12(2)16)9-17-14(11)18-5-6-19-10-15(18,3)4/h7,9,12H,5-6,8,10,16H2,1-4H3. The van der Waals surface area contributed by atoms with Crippen LogP contribution in [0.15, 0.2) is 12.3 Å². The van der Waals surface area contributed by atoms with Gasteiger partial charge in [0.05, 0.1) is 18.8 Å². The molecular formula is C15H25N3O. The first-order chi connectivity index (χ1) is 8.90. The third-order valence-corrected chi connectivity index (χ3v) is 3.57. The van der Waals surface area contributed by atoms with Crippen molar-refractivity contribution < 1.29 is 4.74 Å². The number of anilines is 1. The van der Waals surface area contributed by atoms with Gasteiger partial charge < -0.3 is 15.4 Å². The molecule has 1 aliphatic rings. The summed E-state index contributed by atoms with van der Waals surface area (Å²) in [4.78, 5) is 7.01. The molecule has 0 radical (unpaired) electrons. The SMILES string of the molecule is Cc1cc(CC(C)N)cnc1N1CCOCC1(C)C. The Labute approximate surface area is 116 Å². The molecule has 0 spiro atoms.